The molecule has 2 aromatic carbocycles. The van der Waals surface area contributed by atoms with E-state index in [0.717, 1.165) is 21.3 Å². The maximum Gasteiger partial charge on any atom is 0.235 e. The van der Waals surface area contributed by atoms with E-state index < -0.39 is 5.41 Å². The second kappa shape index (κ2) is 6.85. The van der Waals surface area contributed by atoms with Crippen LogP contribution in [-0.4, -0.2) is 19.1 Å². The number of carbonyl (C=O) groups excluding carboxylic acids is 1. The van der Waals surface area contributed by atoms with Crippen molar-refractivity contribution in [3.8, 4) is 0 Å². The molecule has 0 spiro atoms. The Kier molecular flexibility index (Phi) is 4.83. The van der Waals surface area contributed by atoms with Gasteiger partial charge in [-0.3, -0.25) is 4.79 Å². The van der Waals surface area contributed by atoms with E-state index in [-0.39, 0.29) is 5.91 Å². The van der Waals surface area contributed by atoms with Crippen LogP contribution in [0, 0.1) is 6.92 Å². The Bertz CT molecular complexity index is 694. The van der Waals surface area contributed by atoms with E-state index in [4.69, 9.17) is 4.74 Å². The monoisotopic (exact) mass is 373 g/mol. The van der Waals surface area contributed by atoms with Crippen LogP contribution in [0.2, 0.25) is 0 Å². The van der Waals surface area contributed by atoms with Crippen LogP contribution in [-0.2, 0) is 14.9 Å². The number of nitrogens with one attached hydrogen (secondary N) is 1. The number of hydrogen-bond acceptors (Lipinski definition) is 2. The van der Waals surface area contributed by atoms with Crippen molar-refractivity contribution in [2.75, 3.05) is 18.5 Å². The Morgan fingerprint density at radius 3 is 2.48 bits per heavy atom. The first kappa shape index (κ1) is 16.2. The van der Waals surface area contributed by atoms with E-state index >= 15 is 0 Å². The number of hydrogen-bond donors (Lipinski definition) is 1. The van der Waals surface area contributed by atoms with E-state index in [2.05, 4.69) is 21.2 Å². The third-order valence-electron chi connectivity index (χ3n) is 4.54. The van der Waals surface area contributed by atoms with Crippen molar-refractivity contribution < 1.29 is 9.53 Å². The Morgan fingerprint density at radius 1 is 1.13 bits per heavy atom. The number of ether oxygens (including phenoxy) is 1. The SMILES string of the molecule is Cc1cc(Br)ccc1NC(=O)C1(c2ccccc2)CCOCC1. The lowest BCUT2D eigenvalue weighted by molar-refractivity contribution is -0.125. The lowest BCUT2D eigenvalue weighted by atomic mass is 9.73. The second-order valence-electron chi connectivity index (χ2n) is 5.97. The molecule has 1 aliphatic rings. The lowest BCUT2D eigenvalue weighted by Crippen LogP contribution is -2.44. The van der Waals surface area contributed by atoms with Gasteiger partial charge in [-0.2, -0.15) is 0 Å². The molecule has 0 aliphatic carbocycles. The molecule has 1 N–H and O–H groups in total. The number of rotatable bonds is 3. The highest BCUT2D eigenvalue weighted by Crippen LogP contribution is 2.36. The highest BCUT2D eigenvalue weighted by Gasteiger charge is 2.41. The van der Waals surface area contributed by atoms with Gasteiger partial charge in [-0.25, -0.2) is 0 Å². The zero-order valence-electron chi connectivity index (χ0n) is 13.1. The molecule has 0 saturated carbocycles. The number of anilines is 1. The minimum atomic E-state index is -0.515. The maximum absolute atomic E-state index is 13.1. The molecule has 0 atom stereocenters. The highest BCUT2D eigenvalue weighted by molar-refractivity contribution is 9.10. The van der Waals surface area contributed by atoms with Crippen LogP contribution in [0.15, 0.2) is 53.0 Å². The van der Waals surface area contributed by atoms with Crippen LogP contribution in [0.3, 0.4) is 0 Å². The molecule has 2 aromatic rings. The van der Waals surface area contributed by atoms with Crippen molar-refractivity contribution in [2.45, 2.75) is 25.2 Å². The smallest absolute Gasteiger partial charge is 0.235 e. The summed E-state index contributed by atoms with van der Waals surface area (Å²) in [5.41, 5.74) is 2.46. The standard InChI is InChI=1S/C19H20BrNO2/c1-14-13-16(20)7-8-17(14)21-18(22)19(9-11-23-12-10-19)15-5-3-2-4-6-15/h2-8,13H,9-12H2,1H3,(H,21,22). The molecule has 1 amide bonds. The van der Waals surface area contributed by atoms with Gasteiger partial charge in [0.15, 0.2) is 0 Å². The number of aryl methyl sites for hydroxylation is 1. The number of benzene rings is 2. The quantitative estimate of drug-likeness (QED) is 0.863. The zero-order valence-corrected chi connectivity index (χ0v) is 14.7. The lowest BCUT2D eigenvalue weighted by Gasteiger charge is -2.36. The van der Waals surface area contributed by atoms with Gasteiger partial charge in [-0.1, -0.05) is 46.3 Å². The Balaban J connectivity index is 1.92. The molecule has 1 aliphatic heterocycles. The van der Waals surface area contributed by atoms with E-state index in [0.29, 0.717) is 26.1 Å². The van der Waals surface area contributed by atoms with E-state index in [9.17, 15) is 4.79 Å². The van der Waals surface area contributed by atoms with Crippen LogP contribution in [0.1, 0.15) is 24.0 Å². The van der Waals surface area contributed by atoms with Crippen molar-refractivity contribution in [1.82, 2.24) is 0 Å². The summed E-state index contributed by atoms with van der Waals surface area (Å²) >= 11 is 3.46. The molecule has 0 bridgehead atoms. The van der Waals surface area contributed by atoms with Gasteiger partial charge in [0.1, 0.15) is 0 Å². The van der Waals surface area contributed by atoms with Crippen molar-refractivity contribution in [3.63, 3.8) is 0 Å². The van der Waals surface area contributed by atoms with Crippen molar-refractivity contribution in [1.29, 1.82) is 0 Å². The second-order valence-corrected chi connectivity index (χ2v) is 6.89. The first-order valence-corrected chi connectivity index (χ1v) is 8.62. The van der Waals surface area contributed by atoms with Gasteiger partial charge >= 0.3 is 0 Å². The fraction of sp³-hybridized carbons (Fsp3) is 0.316. The average molecular weight is 374 g/mol. The Morgan fingerprint density at radius 2 is 1.83 bits per heavy atom. The average Bonchev–Trinajstić information content (AvgIpc) is 2.58. The van der Waals surface area contributed by atoms with Crippen molar-refractivity contribution in [3.05, 3.63) is 64.1 Å². The maximum atomic E-state index is 13.1. The number of amides is 1. The summed E-state index contributed by atoms with van der Waals surface area (Å²) in [6.45, 7) is 3.23. The Hall–Kier alpha value is -1.65. The summed E-state index contributed by atoms with van der Waals surface area (Å²) in [6, 6.07) is 15.9. The molecule has 1 fully saturated rings. The molecule has 0 radical (unpaired) electrons. The van der Waals surface area contributed by atoms with Gasteiger partial charge in [-0.15, -0.1) is 0 Å². The molecular formula is C19H20BrNO2. The molecule has 120 valence electrons. The van der Waals surface area contributed by atoms with Crippen molar-refractivity contribution in [2.24, 2.45) is 0 Å². The predicted molar refractivity (Wildman–Crippen MR) is 95.7 cm³/mol. The molecule has 4 heteroatoms. The summed E-state index contributed by atoms with van der Waals surface area (Å²) in [4.78, 5) is 13.1. The summed E-state index contributed by atoms with van der Waals surface area (Å²) in [5.74, 6) is 0.0532. The van der Waals surface area contributed by atoms with Crippen LogP contribution < -0.4 is 5.32 Å². The molecule has 1 heterocycles. The Labute approximate surface area is 145 Å². The van der Waals surface area contributed by atoms with Gasteiger partial charge < -0.3 is 10.1 Å². The third kappa shape index (κ3) is 3.33. The molecule has 3 nitrogen and oxygen atoms in total. The first-order chi connectivity index (χ1) is 11.1. The predicted octanol–water partition coefficient (Wildman–Crippen LogP) is 4.44. The number of carbonyl (C=O) groups is 1. The van der Waals surface area contributed by atoms with Gasteiger partial charge in [0.05, 0.1) is 5.41 Å². The van der Waals surface area contributed by atoms with Gasteiger partial charge in [0.25, 0.3) is 0 Å². The summed E-state index contributed by atoms with van der Waals surface area (Å²) < 4.78 is 6.51. The molecule has 3 rings (SSSR count). The zero-order chi connectivity index (χ0) is 16.3. The fourth-order valence-corrected chi connectivity index (χ4v) is 3.61. The normalized spacial score (nSPS) is 16.8. The molecule has 23 heavy (non-hydrogen) atoms. The van der Waals surface area contributed by atoms with Gasteiger partial charge in [-0.05, 0) is 49.1 Å². The fourth-order valence-electron chi connectivity index (χ4n) is 3.13. The first-order valence-electron chi connectivity index (χ1n) is 7.83. The third-order valence-corrected chi connectivity index (χ3v) is 5.04. The van der Waals surface area contributed by atoms with Crippen molar-refractivity contribution >= 4 is 27.5 Å². The molecule has 0 aromatic heterocycles. The van der Waals surface area contributed by atoms with E-state index in [1.165, 1.54) is 0 Å². The topological polar surface area (TPSA) is 38.3 Å². The summed E-state index contributed by atoms with van der Waals surface area (Å²) in [7, 11) is 0. The highest BCUT2D eigenvalue weighted by atomic mass is 79.9. The van der Waals surface area contributed by atoms with Crippen LogP contribution in [0.25, 0.3) is 0 Å². The van der Waals surface area contributed by atoms with E-state index in [1.807, 2.05) is 55.5 Å². The summed E-state index contributed by atoms with van der Waals surface area (Å²) in [6.07, 6.45) is 1.41. The van der Waals surface area contributed by atoms with Gasteiger partial charge in [0.2, 0.25) is 5.91 Å². The minimum absolute atomic E-state index is 0.0532. The van der Waals surface area contributed by atoms with Gasteiger partial charge in [0, 0.05) is 23.4 Å². The van der Waals surface area contributed by atoms with Crippen LogP contribution >= 0.6 is 15.9 Å². The van der Waals surface area contributed by atoms with Crippen LogP contribution in [0.5, 0.6) is 0 Å². The minimum Gasteiger partial charge on any atom is -0.381 e. The largest absolute Gasteiger partial charge is 0.381 e. The summed E-state index contributed by atoms with van der Waals surface area (Å²) in [5, 5.41) is 3.13. The molecule has 0 unspecified atom stereocenters. The number of halogens is 1. The van der Waals surface area contributed by atoms with E-state index in [1.54, 1.807) is 0 Å². The van der Waals surface area contributed by atoms with Crippen LogP contribution in [0.4, 0.5) is 5.69 Å². The molecular weight excluding hydrogens is 354 g/mol. The molecule has 1 saturated heterocycles.